The molecule has 0 bridgehead atoms. The number of hydrogen-bond acceptors (Lipinski definition) is 0. The second-order valence-corrected chi connectivity index (χ2v) is 4.43. The van der Waals surface area contributed by atoms with Crippen LogP contribution in [0.25, 0.3) is 22.7 Å². The zero-order valence-corrected chi connectivity index (χ0v) is 10.4. The summed E-state index contributed by atoms with van der Waals surface area (Å²) in [6, 6.07) is 23.0. The van der Waals surface area contributed by atoms with Gasteiger partial charge >= 0.3 is 0 Å². The summed E-state index contributed by atoms with van der Waals surface area (Å²) in [5.41, 5.74) is 1.51. The van der Waals surface area contributed by atoms with Gasteiger partial charge in [-0.3, -0.25) is 0 Å². The van der Waals surface area contributed by atoms with Crippen molar-refractivity contribution in [3.05, 3.63) is 83.9 Å². The fraction of sp³-hybridized carbons (Fsp3) is 0. The summed E-state index contributed by atoms with van der Waals surface area (Å²) < 4.78 is 14.2. The van der Waals surface area contributed by atoms with Crippen molar-refractivity contribution in [3.63, 3.8) is 0 Å². The molecule has 3 aromatic rings. The topological polar surface area (TPSA) is 0 Å². The van der Waals surface area contributed by atoms with E-state index in [0.29, 0.717) is 5.56 Å². The number of benzene rings is 3. The van der Waals surface area contributed by atoms with Crippen molar-refractivity contribution in [2.75, 3.05) is 0 Å². The van der Waals surface area contributed by atoms with E-state index in [1.165, 1.54) is 0 Å². The van der Waals surface area contributed by atoms with Crippen molar-refractivity contribution < 1.29 is 4.39 Å². The number of hydrogen-bond donors (Lipinski definition) is 0. The van der Waals surface area contributed by atoms with Crippen molar-refractivity contribution in [2.45, 2.75) is 0 Å². The predicted molar refractivity (Wildman–Crippen MR) is 79.4 cm³/mol. The van der Waals surface area contributed by atoms with E-state index >= 15 is 0 Å². The molecule has 3 rings (SSSR count). The highest BCUT2D eigenvalue weighted by Crippen LogP contribution is 2.24. The average Bonchev–Trinajstić information content (AvgIpc) is 2.48. The van der Waals surface area contributed by atoms with Crippen LogP contribution in [0.4, 0.5) is 4.39 Å². The summed E-state index contributed by atoms with van der Waals surface area (Å²) >= 11 is 0. The Kier molecular flexibility index (Phi) is 3.11. The fourth-order valence-corrected chi connectivity index (χ4v) is 2.19. The normalized spacial score (nSPS) is 11.7. The second kappa shape index (κ2) is 5.07. The Bertz CT molecular complexity index is 722. The zero-order valence-electron chi connectivity index (χ0n) is 10.4. The van der Waals surface area contributed by atoms with E-state index in [1.54, 1.807) is 18.2 Å². The van der Waals surface area contributed by atoms with Crippen LogP contribution in [0.5, 0.6) is 0 Å². The molecule has 0 nitrogen and oxygen atoms in total. The first-order valence-corrected chi connectivity index (χ1v) is 6.25. The van der Waals surface area contributed by atoms with Crippen molar-refractivity contribution >= 4 is 22.7 Å². The Morgan fingerprint density at radius 1 is 0.737 bits per heavy atom. The molecular weight excluding hydrogens is 235 g/mol. The summed E-state index contributed by atoms with van der Waals surface area (Å²) in [5, 5.41) is 2.19. The summed E-state index contributed by atoms with van der Waals surface area (Å²) in [7, 11) is 0. The lowest BCUT2D eigenvalue weighted by molar-refractivity contribution is 0.765. The van der Waals surface area contributed by atoms with Crippen molar-refractivity contribution in [1.29, 1.82) is 0 Å². The Morgan fingerprint density at radius 3 is 2.26 bits per heavy atom. The van der Waals surface area contributed by atoms with Crippen molar-refractivity contribution in [3.8, 4) is 0 Å². The molecule has 0 aromatic heterocycles. The Hall–Kier alpha value is -2.41. The van der Waals surface area contributed by atoms with Crippen LogP contribution in [0.3, 0.4) is 0 Å². The van der Waals surface area contributed by atoms with Crippen LogP contribution in [0.15, 0.2) is 72.8 Å². The van der Waals surface area contributed by atoms with E-state index in [4.69, 9.17) is 0 Å². The maximum atomic E-state index is 14.2. The molecule has 0 aliphatic heterocycles. The van der Waals surface area contributed by atoms with Crippen LogP contribution in [0.1, 0.15) is 11.1 Å². The van der Waals surface area contributed by atoms with Crippen molar-refractivity contribution in [2.24, 2.45) is 0 Å². The second-order valence-electron chi connectivity index (χ2n) is 4.43. The molecule has 0 N–H and O–H groups in total. The van der Waals surface area contributed by atoms with Gasteiger partial charge in [-0.15, -0.1) is 0 Å². The van der Waals surface area contributed by atoms with E-state index in [-0.39, 0.29) is 5.83 Å². The van der Waals surface area contributed by atoms with Gasteiger partial charge in [0.15, 0.2) is 0 Å². The van der Waals surface area contributed by atoms with E-state index in [9.17, 15) is 4.39 Å². The molecule has 0 heterocycles. The molecule has 0 spiro atoms. The summed E-state index contributed by atoms with van der Waals surface area (Å²) in [6.07, 6.45) is 1.59. The summed E-state index contributed by atoms with van der Waals surface area (Å²) in [5.74, 6) is -0.211. The number of fused-ring (bicyclic) bond motifs is 1. The Balaban J connectivity index is 2.11. The van der Waals surface area contributed by atoms with Gasteiger partial charge in [-0.2, -0.15) is 0 Å². The Labute approximate surface area is 111 Å². The molecule has 0 fully saturated rings. The molecule has 0 atom stereocenters. The average molecular weight is 248 g/mol. The zero-order chi connectivity index (χ0) is 13.1. The molecule has 19 heavy (non-hydrogen) atoms. The van der Waals surface area contributed by atoms with Gasteiger partial charge < -0.3 is 0 Å². The van der Waals surface area contributed by atoms with Gasteiger partial charge in [0.25, 0.3) is 0 Å². The molecule has 0 unspecified atom stereocenters. The molecule has 0 radical (unpaired) electrons. The van der Waals surface area contributed by atoms with Crippen LogP contribution in [-0.2, 0) is 0 Å². The third-order valence-corrected chi connectivity index (χ3v) is 3.16. The van der Waals surface area contributed by atoms with E-state index in [2.05, 4.69) is 0 Å². The van der Waals surface area contributed by atoms with Gasteiger partial charge in [0.2, 0.25) is 0 Å². The minimum atomic E-state index is -0.211. The largest absolute Gasteiger partial charge is 0.206 e. The lowest BCUT2D eigenvalue weighted by Crippen LogP contribution is -1.80. The molecule has 0 saturated heterocycles. The highest BCUT2D eigenvalue weighted by molar-refractivity contribution is 5.94. The first-order valence-electron chi connectivity index (χ1n) is 6.25. The van der Waals surface area contributed by atoms with Gasteiger partial charge in [-0.05, 0) is 22.4 Å². The van der Waals surface area contributed by atoms with Crippen LogP contribution in [0.2, 0.25) is 0 Å². The van der Waals surface area contributed by atoms with Crippen LogP contribution >= 0.6 is 0 Å². The fourth-order valence-electron chi connectivity index (χ4n) is 2.19. The molecule has 0 aliphatic carbocycles. The SMILES string of the molecule is F/C(=C/c1cccc2ccccc12)c1ccccc1. The smallest absolute Gasteiger partial charge is 0.131 e. The minimum Gasteiger partial charge on any atom is -0.206 e. The van der Waals surface area contributed by atoms with Gasteiger partial charge in [0.05, 0.1) is 0 Å². The van der Waals surface area contributed by atoms with Crippen molar-refractivity contribution in [1.82, 2.24) is 0 Å². The third-order valence-electron chi connectivity index (χ3n) is 3.16. The maximum absolute atomic E-state index is 14.2. The number of rotatable bonds is 2. The maximum Gasteiger partial charge on any atom is 0.131 e. The Morgan fingerprint density at radius 2 is 1.42 bits per heavy atom. The number of halogens is 1. The molecule has 0 amide bonds. The molecule has 1 heteroatoms. The molecular formula is C18H13F. The van der Waals surface area contributed by atoms with Gasteiger partial charge in [-0.25, -0.2) is 4.39 Å². The molecule has 0 aliphatic rings. The van der Waals surface area contributed by atoms with Crippen LogP contribution in [0, 0.1) is 0 Å². The molecule has 3 aromatic carbocycles. The lowest BCUT2D eigenvalue weighted by Gasteiger charge is -2.03. The first kappa shape index (κ1) is 11.7. The quantitative estimate of drug-likeness (QED) is 0.539. The minimum absolute atomic E-state index is 0.211. The van der Waals surface area contributed by atoms with Crippen LogP contribution < -0.4 is 0 Å². The van der Waals surface area contributed by atoms with Gasteiger partial charge in [0.1, 0.15) is 5.83 Å². The summed E-state index contributed by atoms with van der Waals surface area (Å²) in [4.78, 5) is 0. The first-order chi connectivity index (χ1) is 9.34. The van der Waals surface area contributed by atoms with Crippen LogP contribution in [-0.4, -0.2) is 0 Å². The predicted octanol–water partition coefficient (Wildman–Crippen LogP) is 5.31. The lowest BCUT2D eigenvalue weighted by atomic mass is 10.0. The monoisotopic (exact) mass is 248 g/mol. The third kappa shape index (κ3) is 2.41. The van der Waals surface area contributed by atoms with E-state index in [1.807, 2.05) is 60.7 Å². The highest BCUT2D eigenvalue weighted by Gasteiger charge is 2.02. The summed E-state index contributed by atoms with van der Waals surface area (Å²) in [6.45, 7) is 0. The van der Waals surface area contributed by atoms with Gasteiger partial charge in [0, 0.05) is 5.56 Å². The van der Waals surface area contributed by atoms with Gasteiger partial charge in [-0.1, -0.05) is 72.8 Å². The standard InChI is InChI=1S/C18H13F/c19-18(15-8-2-1-3-9-15)13-16-11-6-10-14-7-4-5-12-17(14)16/h1-13H/b18-13+. The van der Waals surface area contributed by atoms with E-state index in [0.717, 1.165) is 16.3 Å². The molecule has 92 valence electrons. The highest BCUT2D eigenvalue weighted by atomic mass is 19.1. The molecule has 0 saturated carbocycles. The van der Waals surface area contributed by atoms with E-state index < -0.39 is 0 Å².